The number of aliphatic hydroxyl groups is 1. The lowest BCUT2D eigenvalue weighted by molar-refractivity contribution is -0.122. The van der Waals surface area contributed by atoms with Gasteiger partial charge in [0.2, 0.25) is 5.91 Å². The summed E-state index contributed by atoms with van der Waals surface area (Å²) in [7, 11) is 0. The molecule has 0 aliphatic carbocycles. The van der Waals surface area contributed by atoms with Crippen molar-refractivity contribution < 1.29 is 9.90 Å². The van der Waals surface area contributed by atoms with Gasteiger partial charge in [-0.1, -0.05) is 30.3 Å². The number of amides is 1. The third-order valence-corrected chi connectivity index (χ3v) is 3.61. The Morgan fingerprint density at radius 2 is 2.00 bits per heavy atom. The molecule has 1 aliphatic rings. The predicted molar refractivity (Wildman–Crippen MR) is 74.6 cm³/mol. The monoisotopic (exact) mass is 262 g/mol. The van der Waals surface area contributed by atoms with E-state index in [4.69, 9.17) is 0 Å². The molecule has 1 aromatic rings. The van der Waals surface area contributed by atoms with Crippen LogP contribution in [0.15, 0.2) is 30.3 Å². The molecule has 19 heavy (non-hydrogen) atoms. The molecule has 2 rings (SSSR count). The first kappa shape index (κ1) is 14.0. The standard InChI is InChI=1S/C15H22N2O2/c18-14(13-4-2-1-3-5-13)11-17-15(19)10-12-6-8-16-9-7-12/h1-5,12,14,16,18H,6-11H2,(H,17,19). The second-order valence-electron chi connectivity index (χ2n) is 5.13. The zero-order valence-electron chi connectivity index (χ0n) is 11.1. The average molecular weight is 262 g/mol. The van der Waals surface area contributed by atoms with Gasteiger partial charge in [0.1, 0.15) is 0 Å². The molecule has 0 spiro atoms. The number of rotatable bonds is 5. The van der Waals surface area contributed by atoms with Crippen molar-refractivity contribution in [3.63, 3.8) is 0 Å². The molecule has 1 saturated heterocycles. The van der Waals surface area contributed by atoms with Crippen molar-refractivity contribution in [2.45, 2.75) is 25.4 Å². The molecule has 1 amide bonds. The number of carbonyl (C=O) groups is 1. The topological polar surface area (TPSA) is 61.4 Å². The van der Waals surface area contributed by atoms with Crippen LogP contribution >= 0.6 is 0 Å². The smallest absolute Gasteiger partial charge is 0.220 e. The van der Waals surface area contributed by atoms with Crippen molar-refractivity contribution in [3.8, 4) is 0 Å². The second-order valence-corrected chi connectivity index (χ2v) is 5.13. The van der Waals surface area contributed by atoms with Crippen molar-refractivity contribution in [3.05, 3.63) is 35.9 Å². The lowest BCUT2D eigenvalue weighted by Gasteiger charge is -2.22. The highest BCUT2D eigenvalue weighted by Crippen LogP contribution is 2.16. The van der Waals surface area contributed by atoms with E-state index in [1.165, 1.54) is 0 Å². The fourth-order valence-electron chi connectivity index (χ4n) is 2.42. The van der Waals surface area contributed by atoms with E-state index in [2.05, 4.69) is 10.6 Å². The van der Waals surface area contributed by atoms with Crippen LogP contribution in [-0.4, -0.2) is 30.6 Å². The van der Waals surface area contributed by atoms with Gasteiger partial charge in [0.05, 0.1) is 6.10 Å². The Morgan fingerprint density at radius 3 is 2.68 bits per heavy atom. The molecule has 0 radical (unpaired) electrons. The minimum atomic E-state index is -0.627. The zero-order valence-corrected chi connectivity index (χ0v) is 11.1. The van der Waals surface area contributed by atoms with Crippen LogP contribution in [0.3, 0.4) is 0 Å². The van der Waals surface area contributed by atoms with Crippen LogP contribution in [-0.2, 0) is 4.79 Å². The maximum atomic E-state index is 11.8. The van der Waals surface area contributed by atoms with Crippen LogP contribution in [0, 0.1) is 5.92 Å². The summed E-state index contributed by atoms with van der Waals surface area (Å²) < 4.78 is 0. The summed E-state index contributed by atoms with van der Waals surface area (Å²) in [5, 5.41) is 16.1. The molecule has 1 aromatic carbocycles. The summed E-state index contributed by atoms with van der Waals surface area (Å²) >= 11 is 0. The Morgan fingerprint density at radius 1 is 1.32 bits per heavy atom. The van der Waals surface area contributed by atoms with E-state index in [-0.39, 0.29) is 12.5 Å². The Kier molecular flexibility index (Phi) is 5.36. The zero-order chi connectivity index (χ0) is 13.5. The van der Waals surface area contributed by atoms with Gasteiger partial charge in [-0.25, -0.2) is 0 Å². The molecule has 1 aliphatic heterocycles. The van der Waals surface area contributed by atoms with Crippen molar-refractivity contribution in [2.75, 3.05) is 19.6 Å². The molecular weight excluding hydrogens is 240 g/mol. The van der Waals surface area contributed by atoms with Crippen LogP contribution in [0.2, 0.25) is 0 Å². The number of benzene rings is 1. The minimum absolute atomic E-state index is 0.0434. The van der Waals surface area contributed by atoms with E-state index in [0.29, 0.717) is 12.3 Å². The van der Waals surface area contributed by atoms with Crippen molar-refractivity contribution in [1.29, 1.82) is 0 Å². The Bertz CT molecular complexity index is 388. The van der Waals surface area contributed by atoms with E-state index in [1.807, 2.05) is 30.3 Å². The summed E-state index contributed by atoms with van der Waals surface area (Å²) in [5.74, 6) is 0.525. The van der Waals surface area contributed by atoms with Crippen molar-refractivity contribution in [2.24, 2.45) is 5.92 Å². The van der Waals surface area contributed by atoms with E-state index in [0.717, 1.165) is 31.5 Å². The van der Waals surface area contributed by atoms with Crippen LogP contribution in [0.4, 0.5) is 0 Å². The summed E-state index contributed by atoms with van der Waals surface area (Å²) in [5.41, 5.74) is 0.838. The van der Waals surface area contributed by atoms with Crippen LogP contribution in [0.25, 0.3) is 0 Å². The Hall–Kier alpha value is -1.39. The lowest BCUT2D eigenvalue weighted by Crippen LogP contribution is -2.33. The number of carbonyl (C=O) groups excluding carboxylic acids is 1. The van der Waals surface area contributed by atoms with Gasteiger partial charge in [-0.2, -0.15) is 0 Å². The quantitative estimate of drug-likeness (QED) is 0.748. The molecule has 1 fully saturated rings. The van der Waals surface area contributed by atoms with Gasteiger partial charge in [0, 0.05) is 13.0 Å². The Balaban J connectivity index is 1.71. The minimum Gasteiger partial charge on any atom is -0.387 e. The number of aliphatic hydroxyl groups excluding tert-OH is 1. The van der Waals surface area contributed by atoms with Crippen LogP contribution in [0.1, 0.15) is 30.9 Å². The van der Waals surface area contributed by atoms with Crippen molar-refractivity contribution in [1.82, 2.24) is 10.6 Å². The third-order valence-electron chi connectivity index (χ3n) is 3.61. The molecule has 1 heterocycles. The van der Waals surface area contributed by atoms with Gasteiger partial charge >= 0.3 is 0 Å². The fraction of sp³-hybridized carbons (Fsp3) is 0.533. The summed E-state index contributed by atoms with van der Waals surface area (Å²) in [6, 6.07) is 9.41. The first-order valence-corrected chi connectivity index (χ1v) is 6.96. The second kappa shape index (κ2) is 7.26. The molecule has 4 heteroatoms. The summed E-state index contributed by atoms with van der Waals surface area (Å²) in [6.45, 7) is 2.29. The third kappa shape index (κ3) is 4.65. The maximum absolute atomic E-state index is 11.8. The highest BCUT2D eigenvalue weighted by Gasteiger charge is 2.17. The van der Waals surface area contributed by atoms with Crippen LogP contribution < -0.4 is 10.6 Å². The van der Waals surface area contributed by atoms with Crippen molar-refractivity contribution >= 4 is 5.91 Å². The number of hydrogen-bond donors (Lipinski definition) is 3. The van der Waals surface area contributed by atoms with Crippen LogP contribution in [0.5, 0.6) is 0 Å². The molecule has 3 N–H and O–H groups in total. The summed E-state index contributed by atoms with van der Waals surface area (Å²) in [6.07, 6.45) is 2.07. The molecule has 0 saturated carbocycles. The normalized spacial score (nSPS) is 17.9. The van der Waals surface area contributed by atoms with Gasteiger partial charge in [-0.15, -0.1) is 0 Å². The predicted octanol–water partition coefficient (Wildman–Crippen LogP) is 1.23. The molecule has 0 bridgehead atoms. The molecule has 104 valence electrons. The van der Waals surface area contributed by atoms with Gasteiger partial charge in [-0.3, -0.25) is 4.79 Å². The van der Waals surface area contributed by atoms with Gasteiger partial charge in [0.25, 0.3) is 0 Å². The average Bonchev–Trinajstić information content (AvgIpc) is 2.47. The van der Waals surface area contributed by atoms with E-state index >= 15 is 0 Å². The van der Waals surface area contributed by atoms with Gasteiger partial charge in [-0.05, 0) is 37.4 Å². The summed E-state index contributed by atoms with van der Waals surface area (Å²) in [4.78, 5) is 11.8. The highest BCUT2D eigenvalue weighted by molar-refractivity contribution is 5.76. The maximum Gasteiger partial charge on any atom is 0.220 e. The molecule has 1 atom stereocenters. The number of piperidine rings is 1. The molecular formula is C15H22N2O2. The van der Waals surface area contributed by atoms with Gasteiger partial charge in [0.15, 0.2) is 0 Å². The largest absolute Gasteiger partial charge is 0.387 e. The van der Waals surface area contributed by atoms with E-state index in [9.17, 15) is 9.90 Å². The van der Waals surface area contributed by atoms with E-state index < -0.39 is 6.10 Å². The highest BCUT2D eigenvalue weighted by atomic mass is 16.3. The molecule has 4 nitrogen and oxygen atoms in total. The first-order valence-electron chi connectivity index (χ1n) is 6.96. The van der Waals surface area contributed by atoms with Gasteiger partial charge < -0.3 is 15.7 Å². The SMILES string of the molecule is O=C(CC1CCNCC1)NCC(O)c1ccccc1. The number of nitrogens with one attached hydrogen (secondary N) is 2. The first-order chi connectivity index (χ1) is 9.25. The molecule has 1 unspecified atom stereocenters. The molecule has 0 aromatic heterocycles. The lowest BCUT2D eigenvalue weighted by atomic mass is 9.94. The fourth-order valence-corrected chi connectivity index (χ4v) is 2.42. The van der Waals surface area contributed by atoms with E-state index in [1.54, 1.807) is 0 Å². The number of hydrogen-bond acceptors (Lipinski definition) is 3. The Labute approximate surface area is 114 Å².